The molecule has 0 aliphatic heterocycles. The summed E-state index contributed by atoms with van der Waals surface area (Å²) in [6, 6.07) is 12.2. The molecule has 0 atom stereocenters. The van der Waals surface area contributed by atoms with Crippen molar-refractivity contribution >= 4 is 39.2 Å². The van der Waals surface area contributed by atoms with Crippen LogP contribution >= 0.6 is 11.6 Å². The van der Waals surface area contributed by atoms with E-state index in [1.165, 1.54) is 28.6 Å². The number of nitrogens with one attached hydrogen (secondary N) is 1. The summed E-state index contributed by atoms with van der Waals surface area (Å²) in [6.07, 6.45) is 0. The summed E-state index contributed by atoms with van der Waals surface area (Å²) in [5.41, 5.74) is 0.441. The van der Waals surface area contributed by atoms with Crippen molar-refractivity contribution in [2.45, 2.75) is 18.7 Å². The molecular weight excluding hydrogens is 404 g/mol. The van der Waals surface area contributed by atoms with Crippen molar-refractivity contribution in [3.8, 4) is 0 Å². The summed E-state index contributed by atoms with van der Waals surface area (Å²) in [7, 11) is -3.70. The minimum absolute atomic E-state index is 0.00818. The molecule has 0 heterocycles. The molecule has 0 aliphatic rings. The van der Waals surface area contributed by atoms with E-state index in [1.54, 1.807) is 38.1 Å². The lowest BCUT2D eigenvalue weighted by Gasteiger charge is -2.18. The minimum atomic E-state index is -3.70. The fourth-order valence-electron chi connectivity index (χ4n) is 2.46. The van der Waals surface area contributed by atoms with E-state index in [0.717, 1.165) is 0 Å². The van der Waals surface area contributed by atoms with Gasteiger partial charge in [0.05, 0.1) is 21.2 Å². The Bertz CT molecular complexity index is 958. The second-order valence-corrected chi connectivity index (χ2v) is 8.07. The van der Waals surface area contributed by atoms with Gasteiger partial charge in [-0.2, -0.15) is 4.31 Å². The Morgan fingerprint density at radius 1 is 1.07 bits per heavy atom. The van der Waals surface area contributed by atoms with Crippen molar-refractivity contribution < 1.29 is 22.7 Å². The van der Waals surface area contributed by atoms with Gasteiger partial charge in [-0.3, -0.25) is 4.79 Å². The summed E-state index contributed by atoms with van der Waals surface area (Å²) in [6.45, 7) is 3.57. The number of sulfonamides is 1. The Kier molecular flexibility index (Phi) is 7.56. The Hall–Kier alpha value is -2.42. The lowest BCUT2D eigenvalue weighted by molar-refractivity contribution is -0.119. The number of amides is 1. The van der Waals surface area contributed by atoms with Gasteiger partial charge in [-0.15, -0.1) is 0 Å². The monoisotopic (exact) mass is 424 g/mol. The Morgan fingerprint density at radius 3 is 2.39 bits per heavy atom. The molecule has 0 saturated heterocycles. The van der Waals surface area contributed by atoms with Gasteiger partial charge in [0, 0.05) is 13.1 Å². The molecule has 0 saturated carbocycles. The highest BCUT2D eigenvalue weighted by atomic mass is 35.5. The van der Waals surface area contributed by atoms with Crippen molar-refractivity contribution in [3.63, 3.8) is 0 Å². The first-order chi connectivity index (χ1) is 13.3. The van der Waals surface area contributed by atoms with Crippen LogP contribution in [0.5, 0.6) is 0 Å². The number of hydrogen-bond acceptors (Lipinski definition) is 5. The van der Waals surface area contributed by atoms with E-state index in [0.29, 0.717) is 23.8 Å². The van der Waals surface area contributed by atoms with Gasteiger partial charge in [-0.1, -0.05) is 43.6 Å². The van der Waals surface area contributed by atoms with Crippen molar-refractivity contribution in [1.82, 2.24) is 4.31 Å². The third kappa shape index (κ3) is 5.31. The lowest BCUT2D eigenvalue weighted by atomic mass is 10.2. The molecule has 2 rings (SSSR count). The highest BCUT2D eigenvalue weighted by Crippen LogP contribution is 2.20. The first kappa shape index (κ1) is 21.9. The highest BCUT2D eigenvalue weighted by molar-refractivity contribution is 7.89. The highest BCUT2D eigenvalue weighted by Gasteiger charge is 2.23. The van der Waals surface area contributed by atoms with Crippen LogP contribution in [0.15, 0.2) is 53.4 Å². The number of halogens is 1. The normalized spacial score (nSPS) is 11.3. The van der Waals surface area contributed by atoms with Crippen LogP contribution in [0.2, 0.25) is 5.02 Å². The van der Waals surface area contributed by atoms with Crippen LogP contribution < -0.4 is 5.32 Å². The number of rotatable bonds is 8. The summed E-state index contributed by atoms with van der Waals surface area (Å²) in [5.74, 6) is -1.36. The lowest BCUT2D eigenvalue weighted by Crippen LogP contribution is -2.30. The summed E-state index contributed by atoms with van der Waals surface area (Å²) in [4.78, 5) is 24.2. The number of anilines is 1. The zero-order valence-corrected chi connectivity index (χ0v) is 17.1. The van der Waals surface area contributed by atoms with Gasteiger partial charge in [-0.05, 0) is 30.3 Å². The predicted molar refractivity (Wildman–Crippen MR) is 107 cm³/mol. The van der Waals surface area contributed by atoms with E-state index in [4.69, 9.17) is 16.3 Å². The molecule has 0 fully saturated rings. The molecule has 0 bridgehead atoms. The fourth-order valence-corrected chi connectivity index (χ4v) is 4.15. The van der Waals surface area contributed by atoms with Gasteiger partial charge in [0.2, 0.25) is 10.0 Å². The van der Waals surface area contributed by atoms with Crippen molar-refractivity contribution in [3.05, 3.63) is 59.1 Å². The number of benzene rings is 2. The number of carbonyl (C=O) groups excluding carboxylic acids is 2. The van der Waals surface area contributed by atoms with E-state index in [2.05, 4.69) is 5.32 Å². The average Bonchev–Trinajstić information content (AvgIpc) is 2.68. The zero-order chi connectivity index (χ0) is 20.7. The quantitative estimate of drug-likeness (QED) is 0.657. The van der Waals surface area contributed by atoms with Crippen LogP contribution in [0.25, 0.3) is 0 Å². The van der Waals surface area contributed by atoms with Gasteiger partial charge in [-0.25, -0.2) is 13.2 Å². The molecule has 1 amide bonds. The van der Waals surface area contributed by atoms with Crippen LogP contribution in [0.4, 0.5) is 5.69 Å². The van der Waals surface area contributed by atoms with E-state index in [1.807, 2.05) is 0 Å². The standard InChI is InChI=1S/C19H21ClN2O5S/c1-3-22(4-2)28(25,26)15-9-7-8-14(12-15)19(24)27-13-18(23)21-17-11-6-5-10-16(17)20/h5-12H,3-4,13H2,1-2H3,(H,21,23). The van der Waals surface area contributed by atoms with Crippen molar-refractivity contribution in [2.24, 2.45) is 0 Å². The summed E-state index contributed by atoms with van der Waals surface area (Å²) >= 11 is 5.95. The fraction of sp³-hybridized carbons (Fsp3) is 0.263. The average molecular weight is 425 g/mol. The Balaban J connectivity index is 2.05. The second-order valence-electron chi connectivity index (χ2n) is 5.72. The topological polar surface area (TPSA) is 92.8 Å². The molecule has 2 aromatic carbocycles. The predicted octanol–water partition coefficient (Wildman–Crippen LogP) is 3.17. The zero-order valence-electron chi connectivity index (χ0n) is 15.5. The first-order valence-electron chi connectivity index (χ1n) is 8.61. The number of ether oxygens (including phenoxy) is 1. The molecule has 0 unspecified atom stereocenters. The molecule has 0 aliphatic carbocycles. The molecule has 9 heteroatoms. The number of nitrogens with zero attached hydrogens (tertiary/aromatic N) is 1. The maximum atomic E-state index is 12.6. The largest absolute Gasteiger partial charge is 0.452 e. The van der Waals surface area contributed by atoms with Gasteiger partial charge in [0.25, 0.3) is 5.91 Å². The van der Waals surface area contributed by atoms with Crippen LogP contribution in [-0.2, 0) is 19.6 Å². The van der Waals surface area contributed by atoms with E-state index >= 15 is 0 Å². The van der Waals surface area contributed by atoms with Gasteiger partial charge >= 0.3 is 5.97 Å². The Labute approximate surface area is 169 Å². The maximum Gasteiger partial charge on any atom is 0.338 e. The first-order valence-corrected chi connectivity index (χ1v) is 10.4. The van der Waals surface area contributed by atoms with Crippen molar-refractivity contribution in [2.75, 3.05) is 25.0 Å². The smallest absolute Gasteiger partial charge is 0.338 e. The molecule has 150 valence electrons. The van der Waals surface area contributed by atoms with E-state index < -0.39 is 28.5 Å². The minimum Gasteiger partial charge on any atom is -0.452 e. The number of carbonyl (C=O) groups is 2. The van der Waals surface area contributed by atoms with Crippen LogP contribution in [0, 0.1) is 0 Å². The number of hydrogen-bond donors (Lipinski definition) is 1. The molecule has 0 radical (unpaired) electrons. The summed E-state index contributed by atoms with van der Waals surface area (Å²) in [5, 5.41) is 2.89. The van der Waals surface area contributed by atoms with Crippen LogP contribution in [-0.4, -0.2) is 44.3 Å². The molecule has 0 aromatic heterocycles. The van der Waals surface area contributed by atoms with Gasteiger partial charge < -0.3 is 10.1 Å². The van der Waals surface area contributed by atoms with Crippen molar-refractivity contribution in [1.29, 1.82) is 0 Å². The molecule has 7 nitrogen and oxygen atoms in total. The second kappa shape index (κ2) is 9.68. The van der Waals surface area contributed by atoms with E-state index in [9.17, 15) is 18.0 Å². The molecule has 2 aromatic rings. The molecule has 0 spiro atoms. The van der Waals surface area contributed by atoms with E-state index in [-0.39, 0.29) is 10.5 Å². The number of para-hydroxylation sites is 1. The van der Waals surface area contributed by atoms with Gasteiger partial charge in [0.15, 0.2) is 6.61 Å². The van der Waals surface area contributed by atoms with Crippen LogP contribution in [0.1, 0.15) is 24.2 Å². The Morgan fingerprint density at radius 2 is 1.75 bits per heavy atom. The SMILES string of the molecule is CCN(CC)S(=O)(=O)c1cccc(C(=O)OCC(=O)Nc2ccccc2Cl)c1. The van der Waals surface area contributed by atoms with Crippen LogP contribution in [0.3, 0.4) is 0 Å². The maximum absolute atomic E-state index is 12.6. The summed E-state index contributed by atoms with van der Waals surface area (Å²) < 4.78 is 31.4. The molecular formula is C19H21ClN2O5S. The third-order valence-electron chi connectivity index (χ3n) is 3.90. The van der Waals surface area contributed by atoms with Gasteiger partial charge in [0.1, 0.15) is 0 Å². The third-order valence-corrected chi connectivity index (χ3v) is 6.27. The molecule has 1 N–H and O–H groups in total. The number of esters is 1. The molecule has 28 heavy (non-hydrogen) atoms.